The fraction of sp³-hybridized carbons (Fsp3) is 0.562. The highest BCUT2D eigenvalue weighted by Crippen LogP contribution is 2.37. The van der Waals surface area contributed by atoms with Gasteiger partial charge in [0.05, 0.1) is 12.2 Å². The van der Waals surface area contributed by atoms with Crippen LogP contribution in [0.1, 0.15) is 47.2 Å². The Bertz CT molecular complexity index is 494. The number of ether oxygens (including phenoxy) is 1. The van der Waals surface area contributed by atoms with Crippen LogP contribution in [0.2, 0.25) is 0 Å². The summed E-state index contributed by atoms with van der Waals surface area (Å²) in [6.45, 7) is 0. The number of fused-ring (bicyclic) bond motifs is 3. The Morgan fingerprint density at radius 3 is 2.39 bits per heavy atom. The average molecular weight is 242 g/mol. The number of ketones is 1. The van der Waals surface area contributed by atoms with Crippen LogP contribution in [0, 0.1) is 5.92 Å². The molecule has 2 heterocycles. The van der Waals surface area contributed by atoms with Crippen molar-refractivity contribution in [1.82, 2.24) is 0 Å². The molecule has 2 atom stereocenters. The van der Waals surface area contributed by atoms with Gasteiger partial charge in [-0.2, -0.15) is 0 Å². The summed E-state index contributed by atoms with van der Waals surface area (Å²) < 4.78 is 5.82. The molecule has 0 N–H and O–H groups in total. The molecule has 4 rings (SSSR count). The summed E-state index contributed by atoms with van der Waals surface area (Å²) in [4.78, 5) is 12.6. The second-order valence-corrected chi connectivity index (χ2v) is 5.97. The summed E-state index contributed by atoms with van der Waals surface area (Å²) >= 11 is 0. The Morgan fingerprint density at radius 2 is 1.78 bits per heavy atom. The maximum absolute atomic E-state index is 12.6. The van der Waals surface area contributed by atoms with E-state index in [-0.39, 0.29) is 5.92 Å². The molecule has 1 aromatic rings. The van der Waals surface area contributed by atoms with Gasteiger partial charge in [0.25, 0.3) is 0 Å². The third-order valence-corrected chi connectivity index (χ3v) is 4.82. The Hall–Kier alpha value is -1.15. The van der Waals surface area contributed by atoms with Crippen LogP contribution in [-0.4, -0.2) is 18.0 Å². The summed E-state index contributed by atoms with van der Waals surface area (Å²) in [5.41, 5.74) is 3.74. The molecule has 2 bridgehead atoms. The largest absolute Gasteiger partial charge is 0.375 e. The predicted octanol–water partition coefficient (Wildman–Crippen LogP) is 2.93. The van der Waals surface area contributed by atoms with E-state index in [1.807, 2.05) is 6.07 Å². The van der Waals surface area contributed by atoms with Crippen LogP contribution in [0.25, 0.3) is 0 Å². The lowest BCUT2D eigenvalue weighted by atomic mass is 9.83. The Kier molecular flexibility index (Phi) is 2.34. The van der Waals surface area contributed by atoms with Gasteiger partial charge in [-0.1, -0.05) is 12.1 Å². The van der Waals surface area contributed by atoms with E-state index in [1.54, 1.807) is 0 Å². The Morgan fingerprint density at radius 1 is 1.06 bits per heavy atom. The number of hydrogen-bond donors (Lipinski definition) is 0. The van der Waals surface area contributed by atoms with Gasteiger partial charge < -0.3 is 4.74 Å². The fourth-order valence-electron chi connectivity index (χ4n) is 3.66. The first kappa shape index (κ1) is 10.7. The average Bonchev–Trinajstić information content (AvgIpc) is 2.69. The van der Waals surface area contributed by atoms with Gasteiger partial charge in [0.15, 0.2) is 5.78 Å². The van der Waals surface area contributed by atoms with E-state index in [1.165, 1.54) is 17.5 Å². The summed E-state index contributed by atoms with van der Waals surface area (Å²) in [5.74, 6) is 0.555. The van der Waals surface area contributed by atoms with Gasteiger partial charge in [0.1, 0.15) is 0 Å². The van der Waals surface area contributed by atoms with E-state index in [0.717, 1.165) is 37.7 Å². The first-order valence-electron chi connectivity index (χ1n) is 7.11. The van der Waals surface area contributed by atoms with Gasteiger partial charge in [-0.15, -0.1) is 0 Å². The van der Waals surface area contributed by atoms with E-state index < -0.39 is 0 Å². The second kappa shape index (κ2) is 3.92. The van der Waals surface area contributed by atoms with E-state index in [2.05, 4.69) is 12.1 Å². The maximum Gasteiger partial charge on any atom is 0.166 e. The number of aryl methyl sites for hydroxylation is 2. The molecule has 3 aliphatic rings. The molecule has 0 aromatic heterocycles. The first-order valence-corrected chi connectivity index (χ1v) is 7.11. The summed E-state index contributed by atoms with van der Waals surface area (Å²) in [6.07, 6.45) is 7.21. The lowest BCUT2D eigenvalue weighted by molar-refractivity contribution is -0.0149. The zero-order chi connectivity index (χ0) is 12.1. The van der Waals surface area contributed by atoms with Crippen molar-refractivity contribution in [2.45, 2.75) is 50.7 Å². The Labute approximate surface area is 107 Å². The van der Waals surface area contributed by atoms with Gasteiger partial charge in [-0.25, -0.2) is 0 Å². The van der Waals surface area contributed by atoms with Crippen molar-refractivity contribution in [3.63, 3.8) is 0 Å². The number of Topliss-reactive ketones (excluding diaryl/α,β-unsaturated/α-hetero) is 1. The molecule has 0 amide bonds. The smallest absolute Gasteiger partial charge is 0.166 e. The van der Waals surface area contributed by atoms with Crippen LogP contribution in [0.4, 0.5) is 0 Å². The highest BCUT2D eigenvalue weighted by Gasteiger charge is 2.38. The molecular weight excluding hydrogens is 224 g/mol. The summed E-state index contributed by atoms with van der Waals surface area (Å²) in [5, 5.41) is 0. The number of rotatable bonds is 2. The maximum atomic E-state index is 12.6. The molecule has 94 valence electrons. The third-order valence-electron chi connectivity index (χ3n) is 4.82. The molecule has 2 heteroatoms. The second-order valence-electron chi connectivity index (χ2n) is 5.97. The molecule has 0 saturated carbocycles. The SMILES string of the molecule is O=C(c1ccc2c(c1)CC2)C1CC2CCC(C1)O2. The Balaban J connectivity index is 1.57. The van der Waals surface area contributed by atoms with E-state index in [0.29, 0.717) is 18.0 Å². The zero-order valence-corrected chi connectivity index (χ0v) is 10.5. The van der Waals surface area contributed by atoms with Crippen LogP contribution in [0.15, 0.2) is 18.2 Å². The van der Waals surface area contributed by atoms with Gasteiger partial charge in [0.2, 0.25) is 0 Å². The molecule has 18 heavy (non-hydrogen) atoms. The van der Waals surface area contributed by atoms with Crippen LogP contribution < -0.4 is 0 Å². The third kappa shape index (κ3) is 1.63. The number of carbonyl (C=O) groups is 1. The topological polar surface area (TPSA) is 26.3 Å². The van der Waals surface area contributed by atoms with Gasteiger partial charge in [0, 0.05) is 11.5 Å². The highest BCUT2D eigenvalue weighted by molar-refractivity contribution is 5.98. The molecule has 0 spiro atoms. The number of benzene rings is 1. The lowest BCUT2D eigenvalue weighted by Gasteiger charge is -2.28. The van der Waals surface area contributed by atoms with Crippen molar-refractivity contribution in [2.24, 2.45) is 5.92 Å². The van der Waals surface area contributed by atoms with Crippen molar-refractivity contribution in [3.05, 3.63) is 34.9 Å². The van der Waals surface area contributed by atoms with Gasteiger partial charge >= 0.3 is 0 Å². The van der Waals surface area contributed by atoms with Crippen molar-refractivity contribution < 1.29 is 9.53 Å². The van der Waals surface area contributed by atoms with Crippen LogP contribution in [-0.2, 0) is 17.6 Å². The van der Waals surface area contributed by atoms with Crippen LogP contribution in [0.3, 0.4) is 0 Å². The molecule has 1 aliphatic carbocycles. The minimum atomic E-state index is 0.203. The van der Waals surface area contributed by atoms with Crippen molar-refractivity contribution in [3.8, 4) is 0 Å². The minimum Gasteiger partial charge on any atom is -0.375 e. The number of hydrogen-bond acceptors (Lipinski definition) is 2. The van der Waals surface area contributed by atoms with Crippen LogP contribution >= 0.6 is 0 Å². The van der Waals surface area contributed by atoms with Crippen molar-refractivity contribution in [1.29, 1.82) is 0 Å². The quantitative estimate of drug-likeness (QED) is 0.745. The molecule has 2 fully saturated rings. The monoisotopic (exact) mass is 242 g/mol. The lowest BCUT2D eigenvalue weighted by Crippen LogP contribution is -2.30. The predicted molar refractivity (Wildman–Crippen MR) is 68.8 cm³/mol. The zero-order valence-electron chi connectivity index (χ0n) is 10.5. The molecule has 0 radical (unpaired) electrons. The normalized spacial score (nSPS) is 32.8. The summed E-state index contributed by atoms with van der Waals surface area (Å²) in [7, 11) is 0. The van der Waals surface area contributed by atoms with E-state index in [4.69, 9.17) is 4.74 Å². The molecule has 1 aromatic carbocycles. The van der Waals surface area contributed by atoms with Gasteiger partial charge in [-0.05, 0) is 55.7 Å². The number of carbonyl (C=O) groups excluding carboxylic acids is 1. The molecule has 2 aliphatic heterocycles. The fourth-order valence-corrected chi connectivity index (χ4v) is 3.66. The van der Waals surface area contributed by atoms with Crippen LogP contribution in [0.5, 0.6) is 0 Å². The van der Waals surface area contributed by atoms with Crippen molar-refractivity contribution in [2.75, 3.05) is 0 Å². The molecule has 2 saturated heterocycles. The van der Waals surface area contributed by atoms with E-state index >= 15 is 0 Å². The first-order chi connectivity index (χ1) is 8.79. The molecule has 2 unspecified atom stereocenters. The van der Waals surface area contributed by atoms with Gasteiger partial charge in [-0.3, -0.25) is 4.79 Å². The minimum absolute atomic E-state index is 0.203. The molecular formula is C16H18O2. The van der Waals surface area contributed by atoms with Crippen molar-refractivity contribution >= 4 is 5.78 Å². The highest BCUT2D eigenvalue weighted by atomic mass is 16.5. The van der Waals surface area contributed by atoms with E-state index in [9.17, 15) is 4.79 Å². The summed E-state index contributed by atoms with van der Waals surface area (Å²) in [6, 6.07) is 6.29. The molecule has 2 nitrogen and oxygen atoms in total. The standard InChI is InChI=1S/C16H18O2/c17-16(12-4-2-10-1-3-11(10)7-12)13-8-14-5-6-15(9-13)18-14/h2,4,7,13-15H,1,3,5-6,8-9H2.